The van der Waals surface area contributed by atoms with Gasteiger partial charge in [0, 0.05) is 32.2 Å². The summed E-state index contributed by atoms with van der Waals surface area (Å²) < 4.78 is 24.7. The van der Waals surface area contributed by atoms with E-state index in [1.54, 1.807) is 25.2 Å². The van der Waals surface area contributed by atoms with Crippen LogP contribution in [0, 0.1) is 11.2 Å². The number of hydrogen-bond acceptors (Lipinski definition) is 4. The van der Waals surface area contributed by atoms with E-state index in [2.05, 4.69) is 15.6 Å². The van der Waals surface area contributed by atoms with Gasteiger partial charge < -0.3 is 25.2 Å². The number of aliphatic hydroxyl groups excluding tert-OH is 1. The van der Waals surface area contributed by atoms with Crippen LogP contribution >= 0.6 is 24.0 Å². The monoisotopic (exact) mass is 481 g/mol. The molecular formula is C18H29FIN3O3. The van der Waals surface area contributed by atoms with Crippen molar-refractivity contribution in [3.8, 4) is 5.75 Å². The predicted molar refractivity (Wildman–Crippen MR) is 111 cm³/mol. The van der Waals surface area contributed by atoms with Gasteiger partial charge in [-0.1, -0.05) is 12.1 Å². The molecule has 1 heterocycles. The fourth-order valence-corrected chi connectivity index (χ4v) is 2.84. The van der Waals surface area contributed by atoms with Crippen molar-refractivity contribution in [2.24, 2.45) is 10.4 Å². The molecule has 148 valence electrons. The maximum absolute atomic E-state index is 13.6. The molecule has 1 aromatic carbocycles. The van der Waals surface area contributed by atoms with E-state index in [9.17, 15) is 9.50 Å². The van der Waals surface area contributed by atoms with Crippen molar-refractivity contribution in [1.82, 2.24) is 10.6 Å². The quantitative estimate of drug-likeness (QED) is 0.302. The van der Waals surface area contributed by atoms with Crippen LogP contribution in [0.5, 0.6) is 5.75 Å². The number of nitrogens with zero attached hydrogens (tertiary/aromatic N) is 1. The third-order valence-corrected chi connectivity index (χ3v) is 4.40. The van der Waals surface area contributed by atoms with Crippen LogP contribution in [0.1, 0.15) is 19.8 Å². The number of ether oxygens (including phenoxy) is 2. The Kier molecular flexibility index (Phi) is 10.2. The van der Waals surface area contributed by atoms with Crippen molar-refractivity contribution in [1.29, 1.82) is 0 Å². The molecule has 2 atom stereocenters. The Balaban J connectivity index is 0.00000338. The molecule has 1 aliphatic rings. The summed E-state index contributed by atoms with van der Waals surface area (Å²) in [5.74, 6) is 0.516. The molecule has 1 aliphatic heterocycles. The Morgan fingerprint density at radius 2 is 2.19 bits per heavy atom. The van der Waals surface area contributed by atoms with Crippen LogP contribution in [-0.2, 0) is 4.74 Å². The molecule has 1 saturated heterocycles. The van der Waals surface area contributed by atoms with Crippen molar-refractivity contribution in [3.05, 3.63) is 30.1 Å². The minimum absolute atomic E-state index is 0. The zero-order valence-electron chi connectivity index (χ0n) is 15.3. The average molecular weight is 481 g/mol. The number of aliphatic hydroxyl groups is 1. The first-order valence-corrected chi connectivity index (χ1v) is 8.63. The first-order chi connectivity index (χ1) is 12.1. The molecule has 1 aromatic rings. The minimum Gasteiger partial charge on any atom is -0.486 e. The third kappa shape index (κ3) is 6.88. The summed E-state index contributed by atoms with van der Waals surface area (Å²) in [6, 6.07) is 6.35. The predicted octanol–water partition coefficient (Wildman–Crippen LogP) is 2.17. The summed E-state index contributed by atoms with van der Waals surface area (Å²) in [6.45, 7) is 4.54. The standard InChI is InChI=1S/C18H28FN3O3.HI/c1-14(25-16-6-4-3-5-15(16)19)11-21-17(20-2)22-12-18(7-9-23)8-10-24-13-18;/h3-6,14,23H,7-13H2,1-2H3,(H2,20,21,22);1H. The summed E-state index contributed by atoms with van der Waals surface area (Å²) >= 11 is 0. The van der Waals surface area contributed by atoms with Crippen LogP contribution in [0.3, 0.4) is 0 Å². The first-order valence-electron chi connectivity index (χ1n) is 8.63. The number of halogens is 2. The van der Waals surface area contributed by atoms with Crippen molar-refractivity contribution in [2.45, 2.75) is 25.9 Å². The Morgan fingerprint density at radius 3 is 2.81 bits per heavy atom. The van der Waals surface area contributed by atoms with E-state index in [1.165, 1.54) is 6.07 Å². The average Bonchev–Trinajstić information content (AvgIpc) is 3.06. The Hall–Kier alpha value is -1.13. The van der Waals surface area contributed by atoms with Gasteiger partial charge in [0.2, 0.25) is 0 Å². The van der Waals surface area contributed by atoms with Gasteiger partial charge in [-0.05, 0) is 31.9 Å². The van der Waals surface area contributed by atoms with E-state index in [0.29, 0.717) is 32.1 Å². The third-order valence-electron chi connectivity index (χ3n) is 4.40. The lowest BCUT2D eigenvalue weighted by Crippen LogP contribution is -2.46. The zero-order valence-corrected chi connectivity index (χ0v) is 17.7. The Morgan fingerprint density at radius 1 is 1.42 bits per heavy atom. The van der Waals surface area contributed by atoms with Gasteiger partial charge >= 0.3 is 0 Å². The van der Waals surface area contributed by atoms with Gasteiger partial charge in [-0.2, -0.15) is 0 Å². The highest BCUT2D eigenvalue weighted by atomic mass is 127. The Labute approximate surface area is 171 Å². The van der Waals surface area contributed by atoms with Gasteiger partial charge in [0.05, 0.1) is 13.2 Å². The van der Waals surface area contributed by atoms with Crippen LogP contribution in [-0.4, -0.2) is 57.1 Å². The summed E-state index contributed by atoms with van der Waals surface area (Å²) in [5.41, 5.74) is -0.0539. The summed E-state index contributed by atoms with van der Waals surface area (Å²) in [5, 5.41) is 15.7. The lowest BCUT2D eigenvalue weighted by Gasteiger charge is -2.28. The highest BCUT2D eigenvalue weighted by molar-refractivity contribution is 14.0. The largest absolute Gasteiger partial charge is 0.486 e. The van der Waals surface area contributed by atoms with E-state index in [4.69, 9.17) is 9.47 Å². The molecule has 26 heavy (non-hydrogen) atoms. The molecule has 0 spiro atoms. The second-order valence-electron chi connectivity index (χ2n) is 6.44. The highest BCUT2D eigenvalue weighted by Gasteiger charge is 2.34. The lowest BCUT2D eigenvalue weighted by atomic mass is 9.84. The van der Waals surface area contributed by atoms with Crippen LogP contribution in [0.2, 0.25) is 0 Å². The summed E-state index contributed by atoms with van der Waals surface area (Å²) in [4.78, 5) is 4.20. The SMILES string of the molecule is CN=C(NCC(C)Oc1ccccc1F)NCC1(CCO)CCOC1.I. The van der Waals surface area contributed by atoms with Gasteiger partial charge in [0.25, 0.3) is 0 Å². The maximum Gasteiger partial charge on any atom is 0.191 e. The summed E-state index contributed by atoms with van der Waals surface area (Å²) in [6.07, 6.45) is 1.39. The first kappa shape index (κ1) is 22.9. The molecule has 0 saturated carbocycles. The highest BCUT2D eigenvalue weighted by Crippen LogP contribution is 2.31. The lowest BCUT2D eigenvalue weighted by molar-refractivity contribution is 0.127. The zero-order chi connectivity index (χ0) is 18.1. The van der Waals surface area contributed by atoms with Crippen molar-refractivity contribution in [2.75, 3.05) is 40.0 Å². The fourth-order valence-electron chi connectivity index (χ4n) is 2.84. The van der Waals surface area contributed by atoms with Crippen LogP contribution in [0.15, 0.2) is 29.3 Å². The number of nitrogens with one attached hydrogen (secondary N) is 2. The molecule has 0 amide bonds. The molecule has 0 aliphatic carbocycles. The molecule has 0 bridgehead atoms. The maximum atomic E-state index is 13.6. The van der Waals surface area contributed by atoms with Crippen LogP contribution in [0.4, 0.5) is 4.39 Å². The van der Waals surface area contributed by atoms with E-state index < -0.39 is 0 Å². The van der Waals surface area contributed by atoms with Crippen molar-refractivity contribution < 1.29 is 19.0 Å². The molecule has 6 nitrogen and oxygen atoms in total. The number of guanidine groups is 1. The van der Waals surface area contributed by atoms with E-state index in [1.807, 2.05) is 6.92 Å². The number of hydrogen-bond donors (Lipinski definition) is 3. The molecule has 0 radical (unpaired) electrons. The molecule has 2 rings (SSSR count). The van der Waals surface area contributed by atoms with Crippen LogP contribution < -0.4 is 15.4 Å². The normalized spacial score (nSPS) is 21.0. The van der Waals surface area contributed by atoms with Crippen molar-refractivity contribution >= 4 is 29.9 Å². The van der Waals surface area contributed by atoms with Gasteiger partial charge in [0.15, 0.2) is 17.5 Å². The van der Waals surface area contributed by atoms with E-state index in [0.717, 1.165) is 13.0 Å². The van der Waals surface area contributed by atoms with Gasteiger partial charge in [-0.3, -0.25) is 4.99 Å². The smallest absolute Gasteiger partial charge is 0.191 e. The molecule has 3 N–H and O–H groups in total. The Bertz CT molecular complexity index is 568. The molecular weight excluding hydrogens is 452 g/mol. The van der Waals surface area contributed by atoms with E-state index in [-0.39, 0.29) is 53.7 Å². The second-order valence-corrected chi connectivity index (χ2v) is 6.44. The molecule has 2 unspecified atom stereocenters. The van der Waals surface area contributed by atoms with Crippen molar-refractivity contribution in [3.63, 3.8) is 0 Å². The topological polar surface area (TPSA) is 75.1 Å². The van der Waals surface area contributed by atoms with Gasteiger partial charge in [-0.25, -0.2) is 4.39 Å². The molecule has 1 fully saturated rings. The second kappa shape index (κ2) is 11.6. The molecule has 8 heteroatoms. The van der Waals surface area contributed by atoms with Gasteiger partial charge in [-0.15, -0.1) is 24.0 Å². The number of rotatable bonds is 8. The number of para-hydroxylation sites is 1. The number of benzene rings is 1. The fraction of sp³-hybridized carbons (Fsp3) is 0.611. The van der Waals surface area contributed by atoms with E-state index >= 15 is 0 Å². The summed E-state index contributed by atoms with van der Waals surface area (Å²) in [7, 11) is 1.70. The molecule has 0 aromatic heterocycles. The van der Waals surface area contributed by atoms with Gasteiger partial charge in [0.1, 0.15) is 6.10 Å². The minimum atomic E-state index is -0.371. The van der Waals surface area contributed by atoms with Crippen LogP contribution in [0.25, 0.3) is 0 Å². The number of aliphatic imine (C=N–C) groups is 1.